The summed E-state index contributed by atoms with van der Waals surface area (Å²) in [7, 11) is -6.83. The molecule has 0 radical (unpaired) electrons. The minimum Gasteiger partial charge on any atom is -0.388 e. The van der Waals surface area contributed by atoms with E-state index in [-0.39, 0.29) is 6.61 Å². The fourth-order valence-corrected chi connectivity index (χ4v) is 2.05. The maximum Gasteiger partial charge on any atom is 0.570 e. The van der Waals surface area contributed by atoms with E-state index in [1.54, 1.807) is 6.92 Å². The number of rotatable bonds is 10. The molecule has 0 saturated heterocycles. The SMILES string of the molecule is CCCO[P+](O)(O)OCC(O)CO[P+](O)(O)OC. The van der Waals surface area contributed by atoms with Gasteiger partial charge in [-0.3, -0.25) is 0 Å². The van der Waals surface area contributed by atoms with Gasteiger partial charge in [0.25, 0.3) is 0 Å². The molecule has 0 aromatic carbocycles. The van der Waals surface area contributed by atoms with E-state index in [0.29, 0.717) is 6.42 Å². The molecule has 0 aliphatic rings. The lowest BCUT2D eigenvalue weighted by atomic mass is 10.4. The standard InChI is InChI=1S/C7H20O9P2/c1-3-4-14-18(11,12)16-6-7(8)5-15-17(9,10)13-2/h7-12H,3-6H2,1-2H3/q+2. The first-order chi connectivity index (χ1) is 8.22. The second-order valence-corrected chi connectivity index (χ2v) is 6.34. The van der Waals surface area contributed by atoms with Gasteiger partial charge in [0.05, 0.1) is 13.7 Å². The van der Waals surface area contributed by atoms with Crippen LogP contribution in [-0.4, -0.2) is 57.7 Å². The van der Waals surface area contributed by atoms with Crippen molar-refractivity contribution in [2.75, 3.05) is 26.9 Å². The van der Waals surface area contributed by atoms with E-state index in [4.69, 9.17) is 9.79 Å². The minimum atomic E-state index is -3.95. The van der Waals surface area contributed by atoms with Gasteiger partial charge in [-0.1, -0.05) is 6.92 Å². The summed E-state index contributed by atoms with van der Waals surface area (Å²) in [6, 6.07) is 0. The summed E-state index contributed by atoms with van der Waals surface area (Å²) in [6.07, 6.45) is -0.712. The van der Waals surface area contributed by atoms with Crippen molar-refractivity contribution in [3.8, 4) is 0 Å². The molecule has 0 aliphatic carbocycles. The third-order valence-electron chi connectivity index (χ3n) is 1.57. The Morgan fingerprint density at radius 1 is 0.944 bits per heavy atom. The Bertz CT molecular complexity index is 225. The third-order valence-corrected chi connectivity index (χ3v) is 3.54. The normalized spacial score (nSPS) is 14.8. The molecule has 0 aliphatic heterocycles. The predicted molar refractivity (Wildman–Crippen MR) is 63.9 cm³/mol. The summed E-state index contributed by atoms with van der Waals surface area (Å²) in [5.74, 6) is 0. The fraction of sp³-hybridized carbons (Fsp3) is 1.00. The minimum absolute atomic E-state index is 0.110. The van der Waals surface area contributed by atoms with Gasteiger partial charge in [0.1, 0.15) is 19.3 Å². The van der Waals surface area contributed by atoms with Crippen LogP contribution < -0.4 is 0 Å². The highest BCUT2D eigenvalue weighted by Crippen LogP contribution is 2.53. The molecule has 0 aromatic heterocycles. The smallest absolute Gasteiger partial charge is 0.388 e. The molecule has 110 valence electrons. The monoisotopic (exact) mass is 310 g/mol. The highest BCUT2D eigenvalue weighted by molar-refractivity contribution is 7.54. The van der Waals surface area contributed by atoms with Gasteiger partial charge in [-0.2, -0.15) is 37.7 Å². The van der Waals surface area contributed by atoms with Crippen molar-refractivity contribution in [3.05, 3.63) is 0 Å². The molecule has 11 heteroatoms. The molecule has 0 fully saturated rings. The van der Waals surface area contributed by atoms with E-state index in [1.807, 2.05) is 0 Å². The second kappa shape index (κ2) is 8.63. The van der Waals surface area contributed by atoms with Crippen molar-refractivity contribution in [2.45, 2.75) is 19.4 Å². The molecule has 0 amide bonds. The quantitative estimate of drug-likeness (QED) is 0.346. The van der Waals surface area contributed by atoms with E-state index in [2.05, 4.69) is 18.1 Å². The summed E-state index contributed by atoms with van der Waals surface area (Å²) in [5, 5.41) is 9.33. The van der Waals surface area contributed by atoms with Crippen LogP contribution in [0.25, 0.3) is 0 Å². The number of hydrogen-bond donors (Lipinski definition) is 5. The molecule has 0 rings (SSSR count). The summed E-state index contributed by atoms with van der Waals surface area (Å²) in [5.41, 5.74) is 0. The second-order valence-electron chi connectivity index (χ2n) is 3.24. The molecular formula is C7H20O9P2+2. The van der Waals surface area contributed by atoms with Gasteiger partial charge in [-0.15, -0.1) is 0 Å². The van der Waals surface area contributed by atoms with Crippen LogP contribution in [0.3, 0.4) is 0 Å². The molecule has 1 unspecified atom stereocenters. The highest BCUT2D eigenvalue weighted by Gasteiger charge is 2.41. The molecule has 0 saturated carbocycles. The van der Waals surface area contributed by atoms with Crippen molar-refractivity contribution in [3.63, 3.8) is 0 Å². The Hall–Kier alpha value is 0.500. The molecule has 1 atom stereocenters. The largest absolute Gasteiger partial charge is 0.570 e. The van der Waals surface area contributed by atoms with Gasteiger partial charge < -0.3 is 5.11 Å². The van der Waals surface area contributed by atoms with Gasteiger partial charge in [-0.05, 0) is 6.42 Å². The number of hydrogen-bond acceptors (Lipinski definition) is 9. The number of aliphatic hydroxyl groups excluding tert-OH is 1. The lowest BCUT2D eigenvalue weighted by molar-refractivity contribution is 0.0180. The molecular weight excluding hydrogens is 290 g/mol. The van der Waals surface area contributed by atoms with E-state index < -0.39 is 35.7 Å². The first kappa shape index (κ1) is 18.5. The fourth-order valence-electron chi connectivity index (χ4n) is 0.715. The Labute approximate surface area is 106 Å². The van der Waals surface area contributed by atoms with Gasteiger partial charge in [-0.25, -0.2) is 0 Å². The zero-order valence-corrected chi connectivity index (χ0v) is 12.0. The van der Waals surface area contributed by atoms with Crippen LogP contribution in [0.4, 0.5) is 0 Å². The summed E-state index contributed by atoms with van der Waals surface area (Å²) < 4.78 is 17.9. The Balaban J connectivity index is 3.85. The van der Waals surface area contributed by atoms with Gasteiger partial charge in [0.15, 0.2) is 0 Å². The maximum absolute atomic E-state index is 9.33. The highest BCUT2D eigenvalue weighted by atomic mass is 31.2. The molecule has 9 nitrogen and oxygen atoms in total. The zero-order valence-electron chi connectivity index (χ0n) is 10.2. The number of aliphatic hydroxyl groups is 1. The van der Waals surface area contributed by atoms with Crippen molar-refractivity contribution < 1.29 is 42.8 Å². The lowest BCUT2D eigenvalue weighted by Gasteiger charge is -2.13. The average molecular weight is 310 g/mol. The van der Waals surface area contributed by atoms with Crippen LogP contribution in [0.5, 0.6) is 0 Å². The van der Waals surface area contributed by atoms with Crippen molar-refractivity contribution in [1.29, 1.82) is 0 Å². The zero-order chi connectivity index (χ0) is 14.2. The van der Waals surface area contributed by atoms with Crippen LogP contribution in [0, 0.1) is 0 Å². The predicted octanol–water partition coefficient (Wildman–Crippen LogP) is -0.222. The van der Waals surface area contributed by atoms with Crippen molar-refractivity contribution in [1.82, 2.24) is 0 Å². The van der Waals surface area contributed by atoms with Crippen LogP contribution in [0.1, 0.15) is 13.3 Å². The third kappa shape index (κ3) is 9.43. The molecule has 18 heavy (non-hydrogen) atoms. The Kier molecular flexibility index (Phi) is 8.87. The first-order valence-corrected chi connectivity index (χ1v) is 8.15. The Morgan fingerprint density at radius 2 is 1.44 bits per heavy atom. The molecule has 5 N–H and O–H groups in total. The summed E-state index contributed by atoms with van der Waals surface area (Å²) in [4.78, 5) is 36.4. The molecule has 0 aromatic rings. The first-order valence-electron chi connectivity index (χ1n) is 5.09. The Morgan fingerprint density at radius 3 is 1.89 bits per heavy atom. The van der Waals surface area contributed by atoms with Crippen LogP contribution in [-0.2, 0) is 18.1 Å². The van der Waals surface area contributed by atoms with Gasteiger partial charge >= 0.3 is 16.3 Å². The lowest BCUT2D eigenvalue weighted by Crippen LogP contribution is -2.22. The summed E-state index contributed by atoms with van der Waals surface area (Å²) in [6.45, 7) is 0.898. The van der Waals surface area contributed by atoms with Gasteiger partial charge in [0, 0.05) is 0 Å². The van der Waals surface area contributed by atoms with Crippen molar-refractivity contribution >= 4 is 16.3 Å². The van der Waals surface area contributed by atoms with E-state index in [9.17, 15) is 14.9 Å². The van der Waals surface area contributed by atoms with E-state index >= 15 is 0 Å². The molecule has 0 heterocycles. The van der Waals surface area contributed by atoms with Crippen LogP contribution >= 0.6 is 16.3 Å². The van der Waals surface area contributed by atoms with Crippen molar-refractivity contribution in [2.24, 2.45) is 0 Å². The van der Waals surface area contributed by atoms with Crippen LogP contribution in [0.2, 0.25) is 0 Å². The van der Waals surface area contributed by atoms with Gasteiger partial charge in [0.2, 0.25) is 0 Å². The molecule has 0 bridgehead atoms. The maximum atomic E-state index is 9.33. The van der Waals surface area contributed by atoms with Crippen LogP contribution in [0.15, 0.2) is 0 Å². The van der Waals surface area contributed by atoms with E-state index in [1.165, 1.54) is 0 Å². The summed E-state index contributed by atoms with van der Waals surface area (Å²) >= 11 is 0. The average Bonchev–Trinajstić information content (AvgIpc) is 2.32. The van der Waals surface area contributed by atoms with E-state index in [0.717, 1.165) is 7.11 Å². The topological polar surface area (TPSA) is 138 Å². The molecule has 0 spiro atoms.